The molecule has 0 saturated heterocycles. The lowest BCUT2D eigenvalue weighted by Crippen LogP contribution is -2.39. The number of anilines is 1. The first-order chi connectivity index (χ1) is 11.5. The predicted octanol–water partition coefficient (Wildman–Crippen LogP) is 2.92. The summed E-state index contributed by atoms with van der Waals surface area (Å²) in [5.74, 6) is 0. The summed E-state index contributed by atoms with van der Waals surface area (Å²) in [6.45, 7) is 0. The molecule has 0 heterocycles. The SMILES string of the molecule is CN(C1CC1)S(=O)(=O)c1ccc(NC(=O)NC2CCCCC2)cc1. The number of carbonyl (C=O) groups is 1. The van der Waals surface area contributed by atoms with Crippen molar-refractivity contribution in [1.82, 2.24) is 9.62 Å². The molecule has 2 saturated carbocycles. The molecular formula is C17H25N3O3S. The Morgan fingerprint density at radius 2 is 1.67 bits per heavy atom. The molecule has 2 aliphatic rings. The minimum absolute atomic E-state index is 0.133. The molecule has 24 heavy (non-hydrogen) atoms. The van der Waals surface area contributed by atoms with Crippen molar-refractivity contribution < 1.29 is 13.2 Å². The Kier molecular flexibility index (Phi) is 5.10. The molecule has 0 spiro atoms. The van der Waals surface area contributed by atoms with Gasteiger partial charge >= 0.3 is 6.03 Å². The van der Waals surface area contributed by atoms with Crippen LogP contribution in [0.1, 0.15) is 44.9 Å². The quantitative estimate of drug-likeness (QED) is 0.856. The number of carbonyl (C=O) groups excluding carboxylic acids is 1. The minimum Gasteiger partial charge on any atom is -0.335 e. The van der Waals surface area contributed by atoms with Crippen LogP contribution in [-0.4, -0.2) is 37.9 Å². The zero-order valence-electron chi connectivity index (χ0n) is 14.0. The van der Waals surface area contributed by atoms with E-state index in [1.165, 1.54) is 10.7 Å². The van der Waals surface area contributed by atoms with Crippen molar-refractivity contribution in [3.8, 4) is 0 Å². The average molecular weight is 351 g/mol. The fourth-order valence-electron chi connectivity index (χ4n) is 3.11. The third kappa shape index (κ3) is 4.08. The molecule has 1 aromatic carbocycles. The summed E-state index contributed by atoms with van der Waals surface area (Å²) < 4.78 is 26.3. The summed E-state index contributed by atoms with van der Waals surface area (Å²) in [5.41, 5.74) is 0.594. The van der Waals surface area contributed by atoms with Crippen LogP contribution < -0.4 is 10.6 Å². The number of nitrogens with one attached hydrogen (secondary N) is 2. The van der Waals surface area contributed by atoms with E-state index in [1.807, 2.05) is 0 Å². The van der Waals surface area contributed by atoms with Crippen LogP contribution in [0.5, 0.6) is 0 Å². The van der Waals surface area contributed by atoms with Gasteiger partial charge in [-0.2, -0.15) is 4.31 Å². The van der Waals surface area contributed by atoms with Gasteiger partial charge in [-0.15, -0.1) is 0 Å². The summed E-state index contributed by atoms with van der Waals surface area (Å²) in [6.07, 6.45) is 7.46. The topological polar surface area (TPSA) is 78.5 Å². The van der Waals surface area contributed by atoms with Gasteiger partial charge in [0.15, 0.2) is 0 Å². The Morgan fingerprint density at radius 3 is 2.25 bits per heavy atom. The van der Waals surface area contributed by atoms with Gasteiger partial charge in [-0.1, -0.05) is 19.3 Å². The van der Waals surface area contributed by atoms with Crippen LogP contribution in [-0.2, 0) is 10.0 Å². The predicted molar refractivity (Wildman–Crippen MR) is 93.4 cm³/mol. The molecule has 0 unspecified atom stereocenters. The zero-order chi connectivity index (χ0) is 17.2. The first-order valence-electron chi connectivity index (χ1n) is 8.62. The van der Waals surface area contributed by atoms with Crippen molar-refractivity contribution >= 4 is 21.7 Å². The second kappa shape index (κ2) is 7.11. The third-order valence-corrected chi connectivity index (χ3v) is 6.71. The Bertz CT molecular complexity index is 678. The number of hydrogen-bond acceptors (Lipinski definition) is 3. The highest BCUT2D eigenvalue weighted by Gasteiger charge is 2.34. The molecule has 0 aliphatic heterocycles. The van der Waals surface area contributed by atoms with Gasteiger partial charge in [-0.25, -0.2) is 13.2 Å². The maximum Gasteiger partial charge on any atom is 0.319 e. The van der Waals surface area contributed by atoms with Crippen molar-refractivity contribution in [2.75, 3.05) is 12.4 Å². The lowest BCUT2D eigenvalue weighted by atomic mass is 9.96. The Hall–Kier alpha value is -1.60. The van der Waals surface area contributed by atoms with E-state index in [-0.39, 0.29) is 23.0 Å². The molecule has 7 heteroatoms. The highest BCUT2D eigenvalue weighted by molar-refractivity contribution is 7.89. The van der Waals surface area contributed by atoms with Crippen molar-refractivity contribution in [2.45, 2.75) is 61.9 Å². The normalized spacial score (nSPS) is 19.2. The first kappa shape index (κ1) is 17.2. The van der Waals surface area contributed by atoms with Crippen LogP contribution in [0.15, 0.2) is 29.2 Å². The second-order valence-corrected chi connectivity index (χ2v) is 8.71. The molecule has 2 amide bonds. The number of sulfonamides is 1. The van der Waals surface area contributed by atoms with E-state index >= 15 is 0 Å². The fraction of sp³-hybridized carbons (Fsp3) is 0.588. The summed E-state index contributed by atoms with van der Waals surface area (Å²) in [7, 11) is -1.82. The van der Waals surface area contributed by atoms with Gasteiger partial charge in [0.2, 0.25) is 10.0 Å². The molecule has 6 nitrogen and oxygen atoms in total. The summed E-state index contributed by atoms with van der Waals surface area (Å²) in [4.78, 5) is 12.3. The Balaban J connectivity index is 1.58. The molecule has 3 rings (SSSR count). The molecule has 1 aromatic rings. The van der Waals surface area contributed by atoms with Crippen LogP contribution in [0.25, 0.3) is 0 Å². The number of benzene rings is 1. The second-order valence-electron chi connectivity index (χ2n) is 6.71. The monoisotopic (exact) mass is 351 g/mol. The van der Waals surface area contributed by atoms with E-state index < -0.39 is 10.0 Å². The van der Waals surface area contributed by atoms with Crippen LogP contribution in [0.4, 0.5) is 10.5 Å². The highest BCUT2D eigenvalue weighted by Crippen LogP contribution is 2.30. The largest absolute Gasteiger partial charge is 0.335 e. The molecule has 0 radical (unpaired) electrons. The molecule has 0 bridgehead atoms. The number of urea groups is 1. The van der Waals surface area contributed by atoms with Crippen molar-refractivity contribution in [2.24, 2.45) is 0 Å². The van der Waals surface area contributed by atoms with Crippen LogP contribution >= 0.6 is 0 Å². The number of amides is 2. The number of rotatable bonds is 5. The van der Waals surface area contributed by atoms with E-state index in [1.54, 1.807) is 31.3 Å². The Morgan fingerprint density at radius 1 is 1.04 bits per heavy atom. The smallest absolute Gasteiger partial charge is 0.319 e. The van der Waals surface area contributed by atoms with Gasteiger partial charge in [0.05, 0.1) is 4.90 Å². The van der Waals surface area contributed by atoms with Crippen molar-refractivity contribution in [3.63, 3.8) is 0 Å². The molecule has 132 valence electrons. The minimum atomic E-state index is -3.44. The van der Waals surface area contributed by atoms with Crippen molar-refractivity contribution in [3.05, 3.63) is 24.3 Å². The lowest BCUT2D eigenvalue weighted by Gasteiger charge is -2.23. The summed E-state index contributed by atoms with van der Waals surface area (Å²) in [6, 6.07) is 6.50. The molecular weight excluding hydrogens is 326 g/mol. The van der Waals surface area contributed by atoms with E-state index in [0.717, 1.165) is 38.5 Å². The van der Waals surface area contributed by atoms with Gasteiger partial charge in [0.1, 0.15) is 0 Å². The molecule has 0 atom stereocenters. The summed E-state index contributed by atoms with van der Waals surface area (Å²) in [5, 5.41) is 5.75. The Labute approximate surface area is 143 Å². The van der Waals surface area contributed by atoms with E-state index in [2.05, 4.69) is 10.6 Å². The van der Waals surface area contributed by atoms with Gasteiger partial charge in [-0.3, -0.25) is 0 Å². The third-order valence-electron chi connectivity index (χ3n) is 4.79. The maximum atomic E-state index is 12.4. The maximum absolute atomic E-state index is 12.4. The standard InChI is InChI=1S/C17H25N3O3S/c1-20(15-9-10-15)24(22,23)16-11-7-14(8-12-16)19-17(21)18-13-5-3-2-4-6-13/h7-8,11-13,15H,2-6,9-10H2,1H3,(H2,18,19,21). The highest BCUT2D eigenvalue weighted by atomic mass is 32.2. The molecule has 2 aliphatic carbocycles. The fourth-order valence-corrected chi connectivity index (χ4v) is 4.53. The van der Waals surface area contributed by atoms with Gasteiger partial charge in [0.25, 0.3) is 0 Å². The van der Waals surface area contributed by atoms with Gasteiger partial charge in [0, 0.05) is 24.8 Å². The zero-order valence-corrected chi connectivity index (χ0v) is 14.8. The molecule has 2 N–H and O–H groups in total. The van der Waals surface area contributed by atoms with Gasteiger partial charge in [-0.05, 0) is 49.9 Å². The number of nitrogens with zero attached hydrogens (tertiary/aromatic N) is 1. The van der Waals surface area contributed by atoms with E-state index in [9.17, 15) is 13.2 Å². The lowest BCUT2D eigenvalue weighted by molar-refractivity contribution is 0.244. The van der Waals surface area contributed by atoms with Crippen molar-refractivity contribution in [1.29, 1.82) is 0 Å². The molecule has 0 aromatic heterocycles. The first-order valence-corrected chi connectivity index (χ1v) is 10.1. The van der Waals surface area contributed by atoms with Crippen LogP contribution in [0, 0.1) is 0 Å². The summed E-state index contributed by atoms with van der Waals surface area (Å²) >= 11 is 0. The van der Waals surface area contributed by atoms with Crippen LogP contribution in [0.3, 0.4) is 0 Å². The van der Waals surface area contributed by atoms with E-state index in [0.29, 0.717) is 5.69 Å². The molecule has 2 fully saturated rings. The van der Waals surface area contributed by atoms with Crippen LogP contribution in [0.2, 0.25) is 0 Å². The average Bonchev–Trinajstić information content (AvgIpc) is 3.40. The number of hydrogen-bond donors (Lipinski definition) is 2. The van der Waals surface area contributed by atoms with E-state index in [4.69, 9.17) is 0 Å². The van der Waals surface area contributed by atoms with Gasteiger partial charge < -0.3 is 10.6 Å².